The molecule has 0 N–H and O–H groups in total. The van der Waals surface area contributed by atoms with Gasteiger partial charge in [-0.1, -0.05) is 54.4 Å². The molecule has 2 atom stereocenters. The van der Waals surface area contributed by atoms with Crippen LogP contribution in [-0.4, -0.2) is 24.5 Å². The van der Waals surface area contributed by atoms with Gasteiger partial charge in [0.25, 0.3) is 0 Å². The molecule has 1 rings (SSSR count). The highest BCUT2D eigenvalue weighted by atomic mass is 15.1. The maximum atomic E-state index is 2.56. The topological polar surface area (TPSA) is 3.24 Å². The van der Waals surface area contributed by atoms with Crippen LogP contribution in [0.3, 0.4) is 0 Å². The molecule has 1 aliphatic heterocycles. The normalized spacial score (nSPS) is 24.9. The standard InChI is InChI=1S/C11H23N.2C2H6/c1-4-5-8-11-10(2)7-6-9-12(11)3;2*1-2/h10-11H,4-9H2,1-3H3;2*1-2H3. The summed E-state index contributed by atoms with van der Waals surface area (Å²) in [5.41, 5.74) is 0. The zero-order chi connectivity index (χ0) is 13.0. The maximum absolute atomic E-state index is 2.56. The Labute approximate surface area is 105 Å². The van der Waals surface area contributed by atoms with E-state index in [4.69, 9.17) is 0 Å². The van der Waals surface area contributed by atoms with Crippen molar-refractivity contribution in [3.63, 3.8) is 0 Å². The largest absolute Gasteiger partial charge is 0.303 e. The van der Waals surface area contributed by atoms with Crippen LogP contribution in [0.2, 0.25) is 0 Å². The van der Waals surface area contributed by atoms with Gasteiger partial charge in [-0.15, -0.1) is 0 Å². The summed E-state index contributed by atoms with van der Waals surface area (Å²) >= 11 is 0. The molecule has 0 amide bonds. The van der Waals surface area contributed by atoms with Crippen molar-refractivity contribution in [2.24, 2.45) is 5.92 Å². The fraction of sp³-hybridized carbons (Fsp3) is 1.00. The van der Waals surface area contributed by atoms with Gasteiger partial charge in [-0.25, -0.2) is 0 Å². The number of likely N-dealkylation sites (tertiary alicyclic amines) is 1. The first-order valence-corrected chi connectivity index (χ1v) is 7.46. The lowest BCUT2D eigenvalue weighted by Crippen LogP contribution is -2.41. The van der Waals surface area contributed by atoms with Crippen LogP contribution < -0.4 is 0 Å². The minimum absolute atomic E-state index is 0.874. The molecule has 0 saturated carbocycles. The first-order valence-electron chi connectivity index (χ1n) is 7.46. The minimum Gasteiger partial charge on any atom is -0.303 e. The van der Waals surface area contributed by atoms with Crippen molar-refractivity contribution in [3.8, 4) is 0 Å². The highest BCUT2D eigenvalue weighted by molar-refractivity contribution is 4.79. The summed E-state index contributed by atoms with van der Waals surface area (Å²) in [5.74, 6) is 0.926. The van der Waals surface area contributed by atoms with E-state index in [1.807, 2.05) is 27.7 Å². The number of hydrogen-bond acceptors (Lipinski definition) is 1. The van der Waals surface area contributed by atoms with E-state index in [0.717, 1.165) is 12.0 Å². The van der Waals surface area contributed by atoms with Crippen molar-refractivity contribution >= 4 is 0 Å². The van der Waals surface area contributed by atoms with Crippen molar-refractivity contribution in [3.05, 3.63) is 0 Å². The molecule has 16 heavy (non-hydrogen) atoms. The van der Waals surface area contributed by atoms with Gasteiger partial charge in [0.1, 0.15) is 0 Å². The SMILES string of the molecule is CC.CC.CCCCC1C(C)CCCN1C. The minimum atomic E-state index is 0.874. The first-order chi connectivity index (χ1) is 7.75. The Balaban J connectivity index is 0. The molecule has 1 nitrogen and oxygen atoms in total. The van der Waals surface area contributed by atoms with Gasteiger partial charge in [-0.3, -0.25) is 0 Å². The predicted octanol–water partition coefficient (Wildman–Crippen LogP) is 4.96. The second-order valence-corrected chi connectivity index (χ2v) is 4.31. The smallest absolute Gasteiger partial charge is 0.0118 e. The van der Waals surface area contributed by atoms with Crippen LogP contribution in [0.25, 0.3) is 0 Å². The zero-order valence-electron chi connectivity index (χ0n) is 12.8. The Hall–Kier alpha value is -0.0400. The summed E-state index contributed by atoms with van der Waals surface area (Å²) < 4.78 is 0. The molecule has 0 spiro atoms. The van der Waals surface area contributed by atoms with E-state index >= 15 is 0 Å². The Morgan fingerprint density at radius 2 is 1.69 bits per heavy atom. The van der Waals surface area contributed by atoms with E-state index in [1.54, 1.807) is 0 Å². The molecular formula is C15H35N. The summed E-state index contributed by atoms with van der Waals surface area (Å²) in [7, 11) is 2.29. The van der Waals surface area contributed by atoms with E-state index in [1.165, 1.54) is 38.6 Å². The maximum Gasteiger partial charge on any atom is 0.0118 e. The van der Waals surface area contributed by atoms with Gasteiger partial charge in [-0.2, -0.15) is 0 Å². The van der Waals surface area contributed by atoms with Crippen molar-refractivity contribution < 1.29 is 0 Å². The van der Waals surface area contributed by atoms with Crippen LogP contribution in [-0.2, 0) is 0 Å². The van der Waals surface area contributed by atoms with E-state index < -0.39 is 0 Å². The molecule has 1 aliphatic rings. The van der Waals surface area contributed by atoms with Gasteiger partial charge in [-0.05, 0) is 38.8 Å². The molecule has 0 bridgehead atoms. The monoisotopic (exact) mass is 229 g/mol. The molecule has 2 unspecified atom stereocenters. The van der Waals surface area contributed by atoms with E-state index in [0.29, 0.717) is 0 Å². The molecule has 0 radical (unpaired) electrons. The van der Waals surface area contributed by atoms with Crippen molar-refractivity contribution in [2.75, 3.05) is 13.6 Å². The van der Waals surface area contributed by atoms with Gasteiger partial charge < -0.3 is 4.90 Å². The number of hydrogen-bond donors (Lipinski definition) is 0. The highest BCUT2D eigenvalue weighted by Gasteiger charge is 2.24. The van der Waals surface area contributed by atoms with Crippen LogP contribution in [0.1, 0.15) is 73.6 Å². The summed E-state index contributed by atoms with van der Waals surface area (Å²) in [6.45, 7) is 14.0. The van der Waals surface area contributed by atoms with Crippen LogP contribution >= 0.6 is 0 Å². The lowest BCUT2D eigenvalue weighted by Gasteiger charge is -2.37. The first kappa shape index (κ1) is 18.3. The second kappa shape index (κ2) is 13.0. The van der Waals surface area contributed by atoms with Crippen molar-refractivity contribution in [1.82, 2.24) is 4.90 Å². The Bertz CT molecular complexity index is 113. The fourth-order valence-electron chi connectivity index (χ4n) is 2.37. The summed E-state index contributed by atoms with van der Waals surface area (Å²) in [6.07, 6.45) is 7.00. The third-order valence-corrected chi connectivity index (χ3v) is 3.25. The van der Waals surface area contributed by atoms with Gasteiger partial charge in [0.15, 0.2) is 0 Å². The molecular weight excluding hydrogens is 194 g/mol. The molecule has 0 aliphatic carbocycles. The van der Waals surface area contributed by atoms with E-state index in [9.17, 15) is 0 Å². The van der Waals surface area contributed by atoms with Gasteiger partial charge >= 0.3 is 0 Å². The lowest BCUT2D eigenvalue weighted by atomic mass is 9.88. The van der Waals surface area contributed by atoms with E-state index in [-0.39, 0.29) is 0 Å². The molecule has 1 heteroatoms. The number of unbranched alkanes of at least 4 members (excludes halogenated alkanes) is 1. The third-order valence-electron chi connectivity index (χ3n) is 3.25. The van der Waals surface area contributed by atoms with Gasteiger partial charge in [0, 0.05) is 6.04 Å². The molecule has 0 aromatic heterocycles. The van der Waals surface area contributed by atoms with Crippen LogP contribution in [0.15, 0.2) is 0 Å². The molecule has 1 fully saturated rings. The second-order valence-electron chi connectivity index (χ2n) is 4.31. The molecule has 100 valence electrons. The van der Waals surface area contributed by atoms with Gasteiger partial charge in [0.05, 0.1) is 0 Å². The highest BCUT2D eigenvalue weighted by Crippen LogP contribution is 2.25. The van der Waals surface area contributed by atoms with Crippen molar-refractivity contribution in [2.45, 2.75) is 79.7 Å². The average molecular weight is 229 g/mol. The van der Waals surface area contributed by atoms with Crippen molar-refractivity contribution in [1.29, 1.82) is 0 Å². The fourth-order valence-corrected chi connectivity index (χ4v) is 2.37. The van der Waals surface area contributed by atoms with Crippen LogP contribution in [0, 0.1) is 5.92 Å². The molecule has 1 saturated heterocycles. The summed E-state index contributed by atoms with van der Waals surface area (Å²) in [4.78, 5) is 2.56. The summed E-state index contributed by atoms with van der Waals surface area (Å²) in [5, 5.41) is 0. The van der Waals surface area contributed by atoms with Crippen LogP contribution in [0.4, 0.5) is 0 Å². The molecule has 0 aromatic rings. The lowest BCUT2D eigenvalue weighted by molar-refractivity contribution is 0.121. The average Bonchev–Trinajstić information content (AvgIpc) is 2.34. The Morgan fingerprint density at radius 3 is 2.12 bits per heavy atom. The van der Waals surface area contributed by atoms with Crippen LogP contribution in [0.5, 0.6) is 0 Å². The molecule has 1 heterocycles. The number of piperidine rings is 1. The molecule has 0 aromatic carbocycles. The Morgan fingerprint density at radius 1 is 1.12 bits per heavy atom. The predicted molar refractivity (Wildman–Crippen MR) is 77.0 cm³/mol. The Kier molecular flexibility index (Phi) is 14.9. The quantitative estimate of drug-likeness (QED) is 0.661. The van der Waals surface area contributed by atoms with Gasteiger partial charge in [0.2, 0.25) is 0 Å². The zero-order valence-corrected chi connectivity index (χ0v) is 12.8. The summed E-state index contributed by atoms with van der Waals surface area (Å²) in [6, 6.07) is 0.874. The number of rotatable bonds is 3. The van der Waals surface area contributed by atoms with E-state index in [2.05, 4.69) is 25.8 Å². The third kappa shape index (κ3) is 7.27. The number of nitrogens with zero attached hydrogens (tertiary/aromatic N) is 1.